The number of rotatable bonds is 7. The molecule has 0 aliphatic heterocycles. The molecule has 0 spiro atoms. The number of halogens is 3. The third-order valence-corrected chi connectivity index (χ3v) is 3.92. The molecule has 0 fully saturated rings. The fourth-order valence-electron chi connectivity index (χ4n) is 2.35. The van der Waals surface area contributed by atoms with Crippen LogP contribution in [0.25, 0.3) is 0 Å². The summed E-state index contributed by atoms with van der Waals surface area (Å²) in [7, 11) is 3.26. The molecule has 0 aliphatic rings. The summed E-state index contributed by atoms with van der Waals surface area (Å²) < 4.78 is 23.8. The van der Waals surface area contributed by atoms with Crippen LogP contribution in [0.1, 0.15) is 18.1 Å². The van der Waals surface area contributed by atoms with Gasteiger partial charge in [0.1, 0.15) is 5.82 Å². The molecule has 5 nitrogen and oxygen atoms in total. The molecule has 0 atom stereocenters. The first-order valence-corrected chi connectivity index (χ1v) is 8.63. The van der Waals surface area contributed by atoms with Crippen LogP contribution in [0.5, 0.6) is 11.5 Å². The molecule has 2 N–H and O–H groups in total. The Morgan fingerprint density at radius 3 is 2.30 bits per heavy atom. The molecule has 0 amide bonds. The monoisotopic (exact) mass is 507 g/mol. The topological polar surface area (TPSA) is 54.9 Å². The van der Waals surface area contributed by atoms with E-state index in [0.717, 1.165) is 11.1 Å². The van der Waals surface area contributed by atoms with Crippen molar-refractivity contribution < 1.29 is 13.9 Å². The van der Waals surface area contributed by atoms with Gasteiger partial charge in [-0.3, -0.25) is 4.99 Å². The number of ether oxygens (including phenoxy) is 2. The average Bonchev–Trinajstić information content (AvgIpc) is 2.65. The van der Waals surface area contributed by atoms with Gasteiger partial charge in [-0.2, -0.15) is 0 Å². The number of hydrogen-bond donors (Lipinski definition) is 2. The summed E-state index contributed by atoms with van der Waals surface area (Å²) in [6.45, 7) is 3.44. The SMILES string of the molecule is CCOc1c(Cl)cc(CNC(=NC)NCc2ccc(F)cc2)cc1OC.I. The largest absolute Gasteiger partial charge is 0.493 e. The Labute approximate surface area is 181 Å². The standard InChI is InChI=1S/C19H23ClFN3O2.HI/c1-4-26-18-16(20)9-14(10-17(18)25-3)12-24-19(22-2)23-11-13-5-7-15(21)8-6-13;/h5-10H,4,11-12H2,1-3H3,(H2,22,23,24);1H. The van der Waals surface area contributed by atoms with Crippen molar-refractivity contribution in [1.29, 1.82) is 0 Å². The Hall–Kier alpha value is -1.74. The first-order valence-electron chi connectivity index (χ1n) is 8.25. The van der Waals surface area contributed by atoms with Gasteiger partial charge in [-0.25, -0.2) is 4.39 Å². The Morgan fingerprint density at radius 1 is 1.11 bits per heavy atom. The van der Waals surface area contributed by atoms with Crippen LogP contribution in [-0.4, -0.2) is 26.7 Å². The van der Waals surface area contributed by atoms with Gasteiger partial charge in [0.15, 0.2) is 17.5 Å². The van der Waals surface area contributed by atoms with E-state index in [2.05, 4.69) is 15.6 Å². The molecular formula is C19H24ClFIN3O2. The maximum atomic E-state index is 12.9. The van der Waals surface area contributed by atoms with Gasteiger partial charge in [-0.15, -0.1) is 24.0 Å². The molecule has 0 bridgehead atoms. The Morgan fingerprint density at radius 2 is 1.74 bits per heavy atom. The summed E-state index contributed by atoms with van der Waals surface area (Å²) in [5.41, 5.74) is 1.89. The van der Waals surface area contributed by atoms with Crippen molar-refractivity contribution in [2.75, 3.05) is 20.8 Å². The van der Waals surface area contributed by atoms with Crippen molar-refractivity contribution in [3.05, 3.63) is 58.4 Å². The second kappa shape index (κ2) is 11.9. The normalized spacial score (nSPS) is 10.8. The first kappa shape index (κ1) is 23.3. The van der Waals surface area contributed by atoms with Gasteiger partial charge in [0.05, 0.1) is 18.7 Å². The highest BCUT2D eigenvalue weighted by molar-refractivity contribution is 14.0. The lowest BCUT2D eigenvalue weighted by atomic mass is 10.2. The molecule has 0 unspecified atom stereocenters. The Kier molecular flexibility index (Phi) is 10.2. The number of methoxy groups -OCH3 is 1. The van der Waals surface area contributed by atoms with E-state index in [0.29, 0.717) is 42.2 Å². The van der Waals surface area contributed by atoms with E-state index in [-0.39, 0.29) is 29.8 Å². The first-order chi connectivity index (χ1) is 12.6. The predicted molar refractivity (Wildman–Crippen MR) is 118 cm³/mol. The highest BCUT2D eigenvalue weighted by Crippen LogP contribution is 2.36. The zero-order chi connectivity index (χ0) is 18.9. The van der Waals surface area contributed by atoms with Gasteiger partial charge in [-0.1, -0.05) is 23.7 Å². The molecule has 2 rings (SSSR count). The summed E-state index contributed by atoms with van der Waals surface area (Å²) >= 11 is 6.29. The molecule has 0 saturated carbocycles. The molecule has 27 heavy (non-hydrogen) atoms. The van der Waals surface area contributed by atoms with Gasteiger partial charge >= 0.3 is 0 Å². The quantitative estimate of drug-likeness (QED) is 0.332. The summed E-state index contributed by atoms with van der Waals surface area (Å²) in [6.07, 6.45) is 0. The summed E-state index contributed by atoms with van der Waals surface area (Å²) in [5.74, 6) is 1.50. The number of benzene rings is 2. The molecule has 2 aromatic carbocycles. The van der Waals surface area contributed by atoms with Crippen LogP contribution >= 0.6 is 35.6 Å². The van der Waals surface area contributed by atoms with E-state index in [4.69, 9.17) is 21.1 Å². The van der Waals surface area contributed by atoms with E-state index in [1.807, 2.05) is 19.1 Å². The summed E-state index contributed by atoms with van der Waals surface area (Å²) in [5, 5.41) is 6.88. The third-order valence-electron chi connectivity index (χ3n) is 3.63. The molecule has 0 aliphatic carbocycles. The lowest BCUT2D eigenvalue weighted by Gasteiger charge is -2.15. The molecule has 0 saturated heterocycles. The minimum absolute atomic E-state index is 0. The van der Waals surface area contributed by atoms with Gasteiger partial charge in [-0.05, 0) is 42.3 Å². The molecule has 0 radical (unpaired) electrons. The average molecular weight is 508 g/mol. The highest BCUT2D eigenvalue weighted by Gasteiger charge is 2.12. The van der Waals surface area contributed by atoms with E-state index in [9.17, 15) is 4.39 Å². The van der Waals surface area contributed by atoms with Gasteiger partial charge in [0.2, 0.25) is 0 Å². The van der Waals surface area contributed by atoms with E-state index in [1.165, 1.54) is 12.1 Å². The number of hydrogen-bond acceptors (Lipinski definition) is 3. The number of aliphatic imine (C=N–C) groups is 1. The van der Waals surface area contributed by atoms with Crippen LogP contribution in [0, 0.1) is 5.82 Å². The van der Waals surface area contributed by atoms with Crippen LogP contribution in [0.2, 0.25) is 5.02 Å². The number of nitrogens with one attached hydrogen (secondary N) is 2. The Balaban J connectivity index is 0.00000364. The fourth-order valence-corrected chi connectivity index (χ4v) is 2.64. The zero-order valence-corrected chi connectivity index (χ0v) is 18.6. The van der Waals surface area contributed by atoms with Gasteiger partial charge in [0, 0.05) is 20.1 Å². The van der Waals surface area contributed by atoms with Crippen LogP contribution < -0.4 is 20.1 Å². The maximum Gasteiger partial charge on any atom is 0.191 e. The van der Waals surface area contributed by atoms with Crippen molar-refractivity contribution in [2.24, 2.45) is 4.99 Å². The second-order valence-electron chi connectivity index (χ2n) is 5.45. The van der Waals surface area contributed by atoms with Crippen LogP contribution in [0.15, 0.2) is 41.4 Å². The van der Waals surface area contributed by atoms with Crippen molar-refractivity contribution in [1.82, 2.24) is 10.6 Å². The fraction of sp³-hybridized carbons (Fsp3) is 0.316. The smallest absolute Gasteiger partial charge is 0.191 e. The minimum Gasteiger partial charge on any atom is -0.493 e. The summed E-state index contributed by atoms with van der Waals surface area (Å²) in [6, 6.07) is 10.0. The minimum atomic E-state index is -0.252. The lowest BCUT2D eigenvalue weighted by molar-refractivity contribution is 0.311. The highest BCUT2D eigenvalue weighted by atomic mass is 127. The van der Waals surface area contributed by atoms with Crippen molar-refractivity contribution in [3.63, 3.8) is 0 Å². The van der Waals surface area contributed by atoms with E-state index >= 15 is 0 Å². The van der Waals surface area contributed by atoms with Crippen LogP contribution in [0.4, 0.5) is 4.39 Å². The number of nitrogens with zero attached hydrogens (tertiary/aromatic N) is 1. The molecule has 0 aromatic heterocycles. The van der Waals surface area contributed by atoms with Crippen molar-refractivity contribution >= 4 is 41.5 Å². The predicted octanol–water partition coefficient (Wildman–Crippen LogP) is 4.37. The Bertz CT molecular complexity index is 757. The maximum absolute atomic E-state index is 12.9. The second-order valence-corrected chi connectivity index (χ2v) is 5.86. The molecular weight excluding hydrogens is 484 g/mol. The zero-order valence-electron chi connectivity index (χ0n) is 15.5. The summed E-state index contributed by atoms with van der Waals surface area (Å²) in [4.78, 5) is 4.18. The molecule has 8 heteroatoms. The van der Waals surface area contributed by atoms with Crippen LogP contribution in [-0.2, 0) is 13.1 Å². The van der Waals surface area contributed by atoms with E-state index < -0.39 is 0 Å². The van der Waals surface area contributed by atoms with Crippen LogP contribution in [0.3, 0.4) is 0 Å². The van der Waals surface area contributed by atoms with Gasteiger partial charge < -0.3 is 20.1 Å². The van der Waals surface area contributed by atoms with E-state index in [1.54, 1.807) is 26.3 Å². The molecule has 0 heterocycles. The van der Waals surface area contributed by atoms with Crippen molar-refractivity contribution in [2.45, 2.75) is 20.0 Å². The molecule has 148 valence electrons. The van der Waals surface area contributed by atoms with Crippen molar-refractivity contribution in [3.8, 4) is 11.5 Å². The lowest BCUT2D eigenvalue weighted by Crippen LogP contribution is -2.36. The molecule has 2 aromatic rings. The third kappa shape index (κ3) is 7.06. The van der Waals surface area contributed by atoms with Gasteiger partial charge in [0.25, 0.3) is 0 Å². The number of guanidine groups is 1.